The molecule has 0 aliphatic heterocycles. The van der Waals surface area contributed by atoms with Gasteiger partial charge in [-0.25, -0.2) is 0 Å². The molecule has 0 bridgehead atoms. The van der Waals surface area contributed by atoms with Crippen LogP contribution in [-0.2, 0) is 29.6 Å². The number of nitrogens with two attached hydrogens (primary N) is 1. The monoisotopic (exact) mass is 292 g/mol. The molecule has 0 saturated carbocycles. The molecule has 0 radical (unpaired) electrons. The van der Waals surface area contributed by atoms with Crippen molar-refractivity contribution in [2.75, 3.05) is 0 Å². The first-order valence-electron chi connectivity index (χ1n) is 6.62. The van der Waals surface area contributed by atoms with Crippen molar-refractivity contribution in [2.45, 2.75) is 44.8 Å². The highest BCUT2D eigenvalue weighted by atomic mass is 32.2. The second-order valence-electron chi connectivity index (χ2n) is 4.83. The third-order valence-corrected chi connectivity index (χ3v) is 4.38. The molecule has 0 spiro atoms. The standard InChI is InChI=1S/C14H20N4OS/c1-4-18-13(8-15)16-17-14(18)20(19)9-12-6-10(2)5-11(3)7-12/h5-7H,4,8-9,15H2,1-3H3. The Balaban J connectivity index is 2.26. The topological polar surface area (TPSA) is 73.8 Å². The van der Waals surface area contributed by atoms with Gasteiger partial charge in [-0.05, 0) is 26.3 Å². The van der Waals surface area contributed by atoms with E-state index in [1.54, 1.807) is 0 Å². The Morgan fingerprint density at radius 3 is 2.40 bits per heavy atom. The Morgan fingerprint density at radius 2 is 1.85 bits per heavy atom. The van der Waals surface area contributed by atoms with Crippen LogP contribution in [-0.4, -0.2) is 19.0 Å². The first-order chi connectivity index (χ1) is 9.55. The van der Waals surface area contributed by atoms with Gasteiger partial charge >= 0.3 is 0 Å². The lowest BCUT2D eigenvalue weighted by atomic mass is 10.1. The number of hydrogen-bond donors (Lipinski definition) is 1. The number of nitrogens with zero attached hydrogens (tertiary/aromatic N) is 3. The van der Waals surface area contributed by atoms with E-state index in [2.05, 4.69) is 28.4 Å². The zero-order valence-corrected chi connectivity index (χ0v) is 12.9. The summed E-state index contributed by atoms with van der Waals surface area (Å²) in [6.45, 7) is 7.04. The lowest BCUT2D eigenvalue weighted by molar-refractivity contribution is 0.619. The molecule has 2 rings (SSSR count). The van der Waals surface area contributed by atoms with Crippen molar-refractivity contribution in [1.29, 1.82) is 0 Å². The van der Waals surface area contributed by atoms with Crippen molar-refractivity contribution in [3.63, 3.8) is 0 Å². The van der Waals surface area contributed by atoms with Crippen LogP contribution in [0.25, 0.3) is 0 Å². The highest BCUT2D eigenvalue weighted by Crippen LogP contribution is 2.15. The number of aromatic nitrogens is 3. The zero-order valence-electron chi connectivity index (χ0n) is 12.1. The quantitative estimate of drug-likeness (QED) is 0.910. The molecule has 1 atom stereocenters. The summed E-state index contributed by atoms with van der Waals surface area (Å²) >= 11 is 0. The SMILES string of the molecule is CCn1c(CN)nnc1S(=O)Cc1cc(C)cc(C)c1. The molecule has 1 heterocycles. The summed E-state index contributed by atoms with van der Waals surface area (Å²) in [5.41, 5.74) is 9.02. The summed E-state index contributed by atoms with van der Waals surface area (Å²) in [6.07, 6.45) is 0. The van der Waals surface area contributed by atoms with Gasteiger partial charge in [-0.15, -0.1) is 10.2 Å². The number of benzene rings is 1. The molecule has 1 unspecified atom stereocenters. The molecular weight excluding hydrogens is 272 g/mol. The Hall–Kier alpha value is -1.53. The van der Waals surface area contributed by atoms with E-state index >= 15 is 0 Å². The van der Waals surface area contributed by atoms with Gasteiger partial charge in [0.1, 0.15) is 5.82 Å². The Kier molecular flexibility index (Phi) is 4.67. The Morgan fingerprint density at radius 1 is 1.20 bits per heavy atom. The smallest absolute Gasteiger partial charge is 0.221 e. The van der Waals surface area contributed by atoms with Crippen LogP contribution in [0.5, 0.6) is 0 Å². The molecule has 5 nitrogen and oxygen atoms in total. The minimum absolute atomic E-state index is 0.307. The maximum atomic E-state index is 12.5. The molecule has 6 heteroatoms. The lowest BCUT2D eigenvalue weighted by Gasteiger charge is -2.07. The van der Waals surface area contributed by atoms with Gasteiger partial charge in [0, 0.05) is 6.54 Å². The van der Waals surface area contributed by atoms with Crippen LogP contribution < -0.4 is 5.73 Å². The van der Waals surface area contributed by atoms with E-state index in [1.807, 2.05) is 25.3 Å². The Labute approximate surface area is 121 Å². The van der Waals surface area contributed by atoms with Gasteiger partial charge in [-0.3, -0.25) is 4.21 Å². The second-order valence-corrected chi connectivity index (χ2v) is 6.18. The fourth-order valence-corrected chi connectivity index (χ4v) is 3.54. The second kappa shape index (κ2) is 6.28. The summed E-state index contributed by atoms with van der Waals surface area (Å²) in [6, 6.07) is 6.22. The van der Waals surface area contributed by atoms with Crippen molar-refractivity contribution >= 4 is 10.8 Å². The minimum atomic E-state index is -1.21. The summed E-state index contributed by atoms with van der Waals surface area (Å²) in [5, 5.41) is 8.54. The molecular formula is C14H20N4OS. The van der Waals surface area contributed by atoms with Crippen LogP contribution in [0.2, 0.25) is 0 Å². The fourth-order valence-electron chi connectivity index (χ4n) is 2.32. The maximum Gasteiger partial charge on any atom is 0.221 e. The van der Waals surface area contributed by atoms with Crippen molar-refractivity contribution in [2.24, 2.45) is 5.73 Å². The van der Waals surface area contributed by atoms with Crippen molar-refractivity contribution in [3.8, 4) is 0 Å². The molecule has 0 aliphatic rings. The Bertz CT molecular complexity index is 616. The average Bonchev–Trinajstić information content (AvgIpc) is 2.80. The van der Waals surface area contributed by atoms with E-state index in [0.29, 0.717) is 29.8 Å². The summed E-state index contributed by atoms with van der Waals surface area (Å²) in [4.78, 5) is 0. The molecule has 0 aliphatic carbocycles. The van der Waals surface area contributed by atoms with Crippen molar-refractivity contribution in [1.82, 2.24) is 14.8 Å². The van der Waals surface area contributed by atoms with Gasteiger partial charge < -0.3 is 10.3 Å². The van der Waals surface area contributed by atoms with Crippen molar-refractivity contribution in [3.05, 3.63) is 40.7 Å². The van der Waals surface area contributed by atoms with Crippen LogP contribution in [0.3, 0.4) is 0 Å². The van der Waals surface area contributed by atoms with Crippen molar-refractivity contribution < 1.29 is 4.21 Å². The van der Waals surface area contributed by atoms with Crippen LogP contribution in [0, 0.1) is 13.8 Å². The van der Waals surface area contributed by atoms with Crippen LogP contribution in [0.15, 0.2) is 23.4 Å². The third-order valence-electron chi connectivity index (χ3n) is 3.08. The van der Waals surface area contributed by atoms with E-state index in [-0.39, 0.29) is 0 Å². The molecule has 2 aromatic rings. The first-order valence-corrected chi connectivity index (χ1v) is 7.94. The van der Waals surface area contributed by atoms with Gasteiger partial charge in [-0.2, -0.15) is 0 Å². The average molecular weight is 292 g/mol. The number of aryl methyl sites for hydroxylation is 2. The predicted octanol–water partition coefficient (Wildman–Crippen LogP) is 1.68. The van der Waals surface area contributed by atoms with E-state index in [4.69, 9.17) is 5.73 Å². The molecule has 20 heavy (non-hydrogen) atoms. The number of rotatable bonds is 5. The van der Waals surface area contributed by atoms with Gasteiger partial charge in [0.05, 0.1) is 23.1 Å². The normalized spacial score (nSPS) is 12.6. The van der Waals surface area contributed by atoms with E-state index < -0.39 is 10.8 Å². The highest BCUT2D eigenvalue weighted by molar-refractivity contribution is 7.84. The molecule has 1 aromatic heterocycles. The maximum absolute atomic E-state index is 12.5. The minimum Gasteiger partial charge on any atom is -0.324 e. The summed E-state index contributed by atoms with van der Waals surface area (Å²) in [5.74, 6) is 1.13. The van der Waals surface area contributed by atoms with Gasteiger partial charge in [0.25, 0.3) is 0 Å². The molecule has 0 amide bonds. The van der Waals surface area contributed by atoms with E-state index in [9.17, 15) is 4.21 Å². The van der Waals surface area contributed by atoms with Gasteiger partial charge in [0.2, 0.25) is 5.16 Å². The summed E-state index contributed by atoms with van der Waals surface area (Å²) in [7, 11) is -1.21. The number of hydrogen-bond acceptors (Lipinski definition) is 4. The zero-order chi connectivity index (χ0) is 14.7. The van der Waals surface area contributed by atoms with Crippen LogP contribution in [0.1, 0.15) is 29.4 Å². The largest absolute Gasteiger partial charge is 0.324 e. The van der Waals surface area contributed by atoms with Crippen LogP contribution in [0.4, 0.5) is 0 Å². The molecule has 108 valence electrons. The highest BCUT2D eigenvalue weighted by Gasteiger charge is 2.16. The fraction of sp³-hybridized carbons (Fsp3) is 0.429. The first kappa shape index (κ1) is 14.9. The van der Waals surface area contributed by atoms with Crippen LogP contribution >= 0.6 is 0 Å². The summed E-state index contributed by atoms with van der Waals surface area (Å²) < 4.78 is 14.3. The lowest BCUT2D eigenvalue weighted by Crippen LogP contribution is -2.11. The van der Waals surface area contributed by atoms with E-state index in [1.165, 1.54) is 11.1 Å². The molecule has 2 N–H and O–H groups in total. The molecule has 0 fully saturated rings. The third kappa shape index (κ3) is 3.13. The van der Waals surface area contributed by atoms with Gasteiger partial charge in [0.15, 0.2) is 0 Å². The molecule has 1 aromatic carbocycles. The van der Waals surface area contributed by atoms with E-state index in [0.717, 1.165) is 5.56 Å². The predicted molar refractivity (Wildman–Crippen MR) is 79.6 cm³/mol. The van der Waals surface area contributed by atoms with Gasteiger partial charge in [-0.1, -0.05) is 29.3 Å². The molecule has 0 saturated heterocycles.